The lowest BCUT2D eigenvalue weighted by molar-refractivity contribution is 0.513. The third-order valence-electron chi connectivity index (χ3n) is 2.81. The summed E-state index contributed by atoms with van der Waals surface area (Å²) in [5.74, 6) is 2.03. The molecule has 0 aliphatic rings. The van der Waals surface area contributed by atoms with Crippen LogP contribution in [-0.2, 0) is 6.54 Å². The molecule has 0 aromatic carbocycles. The van der Waals surface area contributed by atoms with E-state index in [0.717, 1.165) is 0 Å². The normalized spacial score (nSPS) is 11.9. The van der Waals surface area contributed by atoms with Crippen molar-refractivity contribution in [2.24, 2.45) is 15.7 Å². The Kier molecular flexibility index (Phi) is 6.16. The maximum absolute atomic E-state index is 8.54. The van der Waals surface area contributed by atoms with Crippen LogP contribution in [0.2, 0.25) is 0 Å². The van der Waals surface area contributed by atoms with Crippen molar-refractivity contribution in [3.05, 3.63) is 23.3 Å². The van der Waals surface area contributed by atoms with Crippen molar-refractivity contribution in [1.82, 2.24) is 20.9 Å². The second-order valence-electron chi connectivity index (χ2n) is 4.47. The SMILES string of the molecule is CCN/C(N)=N/c1nc(-c2ccc(CN/C(=N\C#N)NC)o2)cs1. The van der Waals surface area contributed by atoms with Gasteiger partial charge in [0.25, 0.3) is 0 Å². The molecule has 126 valence electrons. The lowest BCUT2D eigenvalue weighted by atomic mass is 10.3. The monoisotopic (exact) mass is 346 g/mol. The maximum Gasteiger partial charge on any atom is 0.212 e. The molecule has 2 heterocycles. The highest BCUT2D eigenvalue weighted by molar-refractivity contribution is 7.13. The van der Waals surface area contributed by atoms with Crippen LogP contribution in [0.3, 0.4) is 0 Å². The summed E-state index contributed by atoms with van der Waals surface area (Å²) in [5.41, 5.74) is 6.40. The van der Waals surface area contributed by atoms with Gasteiger partial charge >= 0.3 is 0 Å². The van der Waals surface area contributed by atoms with Crippen molar-refractivity contribution in [2.75, 3.05) is 13.6 Å². The molecule has 10 heteroatoms. The van der Waals surface area contributed by atoms with Crippen molar-refractivity contribution in [1.29, 1.82) is 5.26 Å². The Balaban J connectivity index is 2.03. The van der Waals surface area contributed by atoms with Crippen molar-refractivity contribution < 1.29 is 4.42 Å². The van der Waals surface area contributed by atoms with Crippen molar-refractivity contribution >= 4 is 28.4 Å². The van der Waals surface area contributed by atoms with Gasteiger partial charge in [0.2, 0.25) is 17.3 Å². The first-order valence-corrected chi connectivity index (χ1v) is 8.05. The minimum Gasteiger partial charge on any atom is -0.458 e. The number of hydrogen-bond acceptors (Lipinski definition) is 6. The van der Waals surface area contributed by atoms with E-state index in [9.17, 15) is 0 Å². The van der Waals surface area contributed by atoms with Crippen LogP contribution in [0.25, 0.3) is 11.5 Å². The molecule has 0 fully saturated rings. The van der Waals surface area contributed by atoms with E-state index in [1.165, 1.54) is 11.3 Å². The van der Waals surface area contributed by atoms with E-state index < -0.39 is 0 Å². The molecule has 2 aromatic heterocycles. The van der Waals surface area contributed by atoms with Gasteiger partial charge in [-0.3, -0.25) is 0 Å². The number of aliphatic imine (C=N–C) groups is 2. The number of nitrogens with two attached hydrogens (primary N) is 1. The minimum absolute atomic E-state index is 0.333. The van der Waals surface area contributed by atoms with E-state index in [0.29, 0.717) is 47.4 Å². The molecule has 0 atom stereocenters. The Morgan fingerprint density at radius 1 is 1.46 bits per heavy atom. The first kappa shape index (κ1) is 17.3. The number of thiazole rings is 1. The van der Waals surface area contributed by atoms with Gasteiger partial charge in [0.1, 0.15) is 11.5 Å². The van der Waals surface area contributed by atoms with Crippen LogP contribution in [0, 0.1) is 11.5 Å². The first-order valence-electron chi connectivity index (χ1n) is 7.17. The summed E-state index contributed by atoms with van der Waals surface area (Å²) < 4.78 is 5.73. The Labute approximate surface area is 143 Å². The van der Waals surface area contributed by atoms with Crippen LogP contribution in [0.5, 0.6) is 0 Å². The Morgan fingerprint density at radius 2 is 2.29 bits per heavy atom. The van der Waals surface area contributed by atoms with Crippen LogP contribution in [0.4, 0.5) is 5.13 Å². The molecule has 0 unspecified atom stereocenters. The van der Waals surface area contributed by atoms with E-state index in [4.69, 9.17) is 15.4 Å². The molecule has 2 aromatic rings. The number of aromatic nitrogens is 1. The number of nitriles is 1. The second-order valence-corrected chi connectivity index (χ2v) is 5.31. The zero-order valence-electron chi connectivity index (χ0n) is 13.3. The summed E-state index contributed by atoms with van der Waals surface area (Å²) in [7, 11) is 1.67. The Bertz CT molecular complexity index is 770. The smallest absolute Gasteiger partial charge is 0.212 e. The molecule has 5 N–H and O–H groups in total. The lowest BCUT2D eigenvalue weighted by Gasteiger charge is -2.04. The molecule has 0 radical (unpaired) electrons. The summed E-state index contributed by atoms with van der Waals surface area (Å²) in [5, 5.41) is 19.6. The van der Waals surface area contributed by atoms with Gasteiger partial charge in [-0.25, -0.2) is 4.98 Å². The number of nitrogens with one attached hydrogen (secondary N) is 3. The average Bonchev–Trinajstić information content (AvgIpc) is 3.20. The van der Waals surface area contributed by atoms with Crippen LogP contribution in [-0.4, -0.2) is 30.5 Å². The molecule has 9 nitrogen and oxygen atoms in total. The Hall–Kier alpha value is -3.06. The molecule has 0 spiro atoms. The summed E-state index contributed by atoms with van der Waals surface area (Å²) >= 11 is 1.38. The van der Waals surface area contributed by atoms with Gasteiger partial charge in [-0.15, -0.1) is 16.3 Å². The largest absolute Gasteiger partial charge is 0.458 e. The number of furan rings is 1. The highest BCUT2D eigenvalue weighted by Crippen LogP contribution is 2.28. The zero-order chi connectivity index (χ0) is 17.4. The van der Waals surface area contributed by atoms with Crippen LogP contribution in [0.1, 0.15) is 12.7 Å². The summed E-state index contributed by atoms with van der Waals surface area (Å²) in [6.07, 6.45) is 1.71. The highest BCUT2D eigenvalue weighted by Gasteiger charge is 2.09. The topological polar surface area (TPSA) is 137 Å². The van der Waals surface area contributed by atoms with Gasteiger partial charge in [-0.1, -0.05) is 0 Å². The molecule has 0 saturated heterocycles. The number of rotatable bonds is 5. The fourth-order valence-electron chi connectivity index (χ4n) is 1.77. The summed E-state index contributed by atoms with van der Waals surface area (Å²) in [4.78, 5) is 12.1. The maximum atomic E-state index is 8.54. The van der Waals surface area contributed by atoms with Gasteiger partial charge in [0.15, 0.2) is 11.7 Å². The molecular formula is C14H18N8OS. The standard InChI is InChI=1S/C14H18N8OS/c1-3-18-12(16)22-14-21-10(7-24-14)11-5-4-9(23-11)6-19-13(17-2)20-8-15/h4-5,7H,3,6H2,1-2H3,(H2,17,19,20)(H3,16,18,21,22). The second kappa shape index (κ2) is 8.54. The highest BCUT2D eigenvalue weighted by atomic mass is 32.1. The zero-order valence-corrected chi connectivity index (χ0v) is 14.1. The van der Waals surface area contributed by atoms with E-state index in [-0.39, 0.29) is 0 Å². The molecule has 0 saturated carbocycles. The van der Waals surface area contributed by atoms with E-state index in [1.54, 1.807) is 13.2 Å². The van der Waals surface area contributed by atoms with Gasteiger partial charge < -0.3 is 26.1 Å². The van der Waals surface area contributed by atoms with Crippen molar-refractivity contribution in [2.45, 2.75) is 13.5 Å². The predicted octanol–water partition coefficient (Wildman–Crippen LogP) is 1.10. The number of nitrogens with zero attached hydrogens (tertiary/aromatic N) is 4. The van der Waals surface area contributed by atoms with Crippen molar-refractivity contribution in [3.8, 4) is 17.6 Å². The fourth-order valence-corrected chi connectivity index (χ4v) is 2.46. The van der Waals surface area contributed by atoms with Crippen LogP contribution >= 0.6 is 11.3 Å². The number of guanidine groups is 2. The molecular weight excluding hydrogens is 328 g/mol. The van der Waals surface area contributed by atoms with Crippen LogP contribution < -0.4 is 21.7 Å². The lowest BCUT2D eigenvalue weighted by Crippen LogP contribution is -2.33. The molecule has 0 aliphatic heterocycles. The van der Waals surface area contributed by atoms with Crippen LogP contribution in [0.15, 0.2) is 31.9 Å². The Morgan fingerprint density at radius 3 is 3.00 bits per heavy atom. The van der Waals surface area contributed by atoms with E-state index >= 15 is 0 Å². The predicted molar refractivity (Wildman–Crippen MR) is 93.7 cm³/mol. The van der Waals surface area contributed by atoms with Gasteiger partial charge in [-0.2, -0.15) is 10.3 Å². The summed E-state index contributed by atoms with van der Waals surface area (Å²) in [6, 6.07) is 3.66. The summed E-state index contributed by atoms with van der Waals surface area (Å²) in [6.45, 7) is 3.03. The first-order chi connectivity index (χ1) is 11.7. The molecule has 2 rings (SSSR count). The molecule has 0 aliphatic carbocycles. The quantitative estimate of drug-likeness (QED) is 0.361. The third-order valence-corrected chi connectivity index (χ3v) is 3.54. The van der Waals surface area contributed by atoms with Crippen molar-refractivity contribution in [3.63, 3.8) is 0 Å². The molecule has 0 bridgehead atoms. The minimum atomic E-state index is 0.333. The van der Waals surface area contributed by atoms with Gasteiger partial charge in [0, 0.05) is 19.0 Å². The molecule has 24 heavy (non-hydrogen) atoms. The third kappa shape index (κ3) is 4.72. The van der Waals surface area contributed by atoms with E-state index in [1.807, 2.05) is 24.4 Å². The number of hydrogen-bond donors (Lipinski definition) is 4. The fraction of sp³-hybridized carbons (Fsp3) is 0.286. The molecule has 0 amide bonds. The van der Waals surface area contributed by atoms with Gasteiger partial charge in [-0.05, 0) is 19.1 Å². The van der Waals surface area contributed by atoms with E-state index in [2.05, 4.69) is 30.9 Å². The average molecular weight is 346 g/mol. The van der Waals surface area contributed by atoms with Gasteiger partial charge in [0.05, 0.1) is 6.54 Å².